The lowest BCUT2D eigenvalue weighted by Gasteiger charge is -2.03. The third-order valence-electron chi connectivity index (χ3n) is 5.30. The predicted octanol–water partition coefficient (Wildman–Crippen LogP) is 2.95. The highest BCUT2D eigenvalue weighted by atomic mass is 35.5. The summed E-state index contributed by atoms with van der Waals surface area (Å²) in [6, 6.07) is 12.2. The Hall–Kier alpha value is -3.58. The van der Waals surface area contributed by atoms with Crippen LogP contribution < -0.4 is 15.4 Å². The molecule has 36 heavy (non-hydrogen) atoms. The highest BCUT2D eigenvalue weighted by molar-refractivity contribution is 7.99. The number of pyridine rings is 1. The number of H-pyrrole nitrogens is 2. The summed E-state index contributed by atoms with van der Waals surface area (Å²) in [7, 11) is 2.00. The van der Waals surface area contributed by atoms with E-state index in [2.05, 4.69) is 48.9 Å². The van der Waals surface area contributed by atoms with Gasteiger partial charge in [-0.25, -0.2) is 19.3 Å². The third kappa shape index (κ3) is 5.97. The molecule has 3 aromatic heterocycles. The van der Waals surface area contributed by atoms with Gasteiger partial charge in [-0.3, -0.25) is 9.51 Å². The molecule has 0 radical (unpaired) electrons. The van der Waals surface area contributed by atoms with Gasteiger partial charge in [0.2, 0.25) is 11.4 Å². The molecule has 0 amide bonds. The monoisotopic (exact) mass is 539 g/mol. The minimum atomic E-state index is -5.19. The van der Waals surface area contributed by atoms with E-state index in [1.54, 1.807) is 18.0 Å². The number of alkyl halides is 3. The molecule has 4 aromatic rings. The summed E-state index contributed by atoms with van der Waals surface area (Å²) in [5, 5.41) is 15.2. The van der Waals surface area contributed by atoms with Crippen molar-refractivity contribution in [2.45, 2.75) is 34.5 Å². The lowest BCUT2D eigenvalue weighted by Crippen LogP contribution is -2.37. The molecule has 0 bridgehead atoms. The van der Waals surface area contributed by atoms with Crippen LogP contribution in [0.5, 0.6) is 0 Å². The lowest BCUT2D eigenvalue weighted by molar-refractivity contribution is -0.706. The second-order valence-corrected chi connectivity index (χ2v) is 9.26. The van der Waals surface area contributed by atoms with Crippen LogP contribution >= 0.6 is 23.4 Å². The van der Waals surface area contributed by atoms with Crippen molar-refractivity contribution in [3.63, 3.8) is 0 Å². The summed E-state index contributed by atoms with van der Waals surface area (Å²) in [5.41, 5.74) is 3.36. The predicted molar refractivity (Wildman–Crippen MR) is 119 cm³/mol. The number of benzene rings is 1. The maximum absolute atomic E-state index is 11.1. The van der Waals surface area contributed by atoms with E-state index < -0.39 is 17.9 Å². The van der Waals surface area contributed by atoms with Gasteiger partial charge in [0.25, 0.3) is 0 Å². The van der Waals surface area contributed by atoms with Crippen LogP contribution in [0.15, 0.2) is 68.3 Å². The number of carbonyl (C=O) groups is 1. The molecule has 1 saturated carbocycles. The molecule has 2 atom stereocenters. The molecule has 0 spiro atoms. The van der Waals surface area contributed by atoms with Crippen LogP contribution in [0, 0.1) is 0 Å². The molecule has 5 rings (SSSR count). The first-order chi connectivity index (χ1) is 17.0. The Bertz CT molecular complexity index is 1420. The number of aromatic nitrogens is 5. The van der Waals surface area contributed by atoms with Gasteiger partial charge in [0.1, 0.15) is 11.0 Å². The minimum Gasteiger partial charge on any atom is -0.542 e. The zero-order valence-electron chi connectivity index (χ0n) is 18.4. The summed E-state index contributed by atoms with van der Waals surface area (Å²) < 4.78 is 38.2. The average molecular weight is 540 g/mol. The molecule has 14 heteroatoms. The first-order valence-electron chi connectivity index (χ1n) is 10.3. The number of halogens is 4. The number of aliphatic carboxylic acids is 1. The van der Waals surface area contributed by atoms with Crippen molar-refractivity contribution in [2.24, 2.45) is 7.05 Å². The molecule has 9 nitrogen and oxygen atoms in total. The molecule has 188 valence electrons. The Kier molecular flexibility index (Phi) is 7.22. The number of nitrogens with zero attached hydrogens (tertiary/aromatic N) is 3. The van der Waals surface area contributed by atoms with Crippen molar-refractivity contribution in [3.05, 3.63) is 75.9 Å². The van der Waals surface area contributed by atoms with Gasteiger partial charge in [-0.05, 0) is 41.8 Å². The molecule has 1 aliphatic carbocycles. The van der Waals surface area contributed by atoms with Gasteiger partial charge in [-0.1, -0.05) is 41.0 Å². The van der Waals surface area contributed by atoms with E-state index in [0.29, 0.717) is 16.8 Å². The number of hydrogen-bond donors (Lipinski definition) is 2. The molecular weight excluding hydrogens is 523 g/mol. The fourth-order valence-electron chi connectivity index (χ4n) is 3.47. The van der Waals surface area contributed by atoms with Crippen LogP contribution in [0.3, 0.4) is 0 Å². The van der Waals surface area contributed by atoms with Gasteiger partial charge < -0.3 is 9.90 Å². The standard InChI is InChI=1S/C20H16ClN5O2S.C2HF3O2/c1-26-10-23-17(19(26)29-16-7-6-13(21)9-22-16)12-4-2-11(3-5-12)14-8-15(14)18-24-20(27)28-25-18;3-2(4,5)1(6)7/h2-7,9-10,14-15H,8H2,1H3,(H,24,25,27);(H,6,7)/t14-,15+;/m1./s1. The Balaban J connectivity index is 0.000000384. The van der Waals surface area contributed by atoms with Gasteiger partial charge in [0, 0.05) is 17.7 Å². The van der Waals surface area contributed by atoms with Crippen LogP contribution in [0.25, 0.3) is 11.3 Å². The summed E-state index contributed by atoms with van der Waals surface area (Å²) in [6.45, 7) is 0. The summed E-state index contributed by atoms with van der Waals surface area (Å²) in [4.78, 5) is 30.3. The molecule has 2 N–H and O–H groups in total. The summed E-state index contributed by atoms with van der Waals surface area (Å²) in [5.74, 6) is -2.29. The van der Waals surface area contributed by atoms with Crippen molar-refractivity contribution in [2.75, 3.05) is 0 Å². The lowest BCUT2D eigenvalue weighted by atomic mass is 10.1. The maximum Gasteiger partial charge on any atom is 0.438 e. The molecule has 1 aromatic carbocycles. The van der Waals surface area contributed by atoms with Gasteiger partial charge in [-0.15, -0.1) is 0 Å². The van der Waals surface area contributed by atoms with E-state index in [1.807, 2.05) is 30.1 Å². The second kappa shape index (κ2) is 10.2. The van der Waals surface area contributed by atoms with Crippen molar-refractivity contribution in [3.8, 4) is 11.3 Å². The average Bonchev–Trinajstić information content (AvgIpc) is 3.39. The number of hydrogen-bond acceptors (Lipinski definition) is 7. The maximum atomic E-state index is 11.1. The Labute approximate surface area is 210 Å². The van der Waals surface area contributed by atoms with Crippen LogP contribution in [0.1, 0.15) is 29.6 Å². The van der Waals surface area contributed by atoms with Crippen molar-refractivity contribution in [1.82, 2.24) is 20.1 Å². The first kappa shape index (κ1) is 25.5. The molecular formula is C22H17ClF3N5O4S. The van der Waals surface area contributed by atoms with E-state index in [9.17, 15) is 18.0 Å². The topological polar surface area (TPSA) is 132 Å². The number of aryl methyl sites for hydroxylation is 1. The zero-order chi connectivity index (χ0) is 26.0. The summed E-state index contributed by atoms with van der Waals surface area (Å²) in [6.07, 6.45) is -0.652. The SMILES string of the molecule is C[n+]1c[nH]c(-c2ccc([C@H]3C[C@@H]3c3noc(=O)[nH]3)cc2)c1Sc1ccc(Cl)cn1.O=C([O-])C(F)(F)F. The van der Waals surface area contributed by atoms with Crippen LogP contribution in [-0.4, -0.2) is 32.3 Å². The smallest absolute Gasteiger partial charge is 0.438 e. The second-order valence-electron chi connectivity index (χ2n) is 7.82. The van der Waals surface area contributed by atoms with Gasteiger partial charge in [-0.2, -0.15) is 13.2 Å². The van der Waals surface area contributed by atoms with E-state index in [1.165, 1.54) is 5.56 Å². The fraction of sp³-hybridized carbons (Fsp3) is 0.227. The van der Waals surface area contributed by atoms with Gasteiger partial charge in [0.05, 0.1) is 12.1 Å². The molecule has 1 aliphatic rings. The number of carboxylic acids is 1. The Morgan fingerprint density at radius 3 is 2.47 bits per heavy atom. The fourth-order valence-corrected chi connectivity index (χ4v) is 4.50. The van der Waals surface area contributed by atoms with Crippen molar-refractivity contribution < 1.29 is 32.2 Å². The number of imidazole rings is 1. The number of carbonyl (C=O) groups excluding carboxylic acids is 1. The molecule has 1 fully saturated rings. The number of rotatable bonds is 5. The quantitative estimate of drug-likeness (QED) is 0.373. The molecule has 0 saturated heterocycles. The highest BCUT2D eigenvalue weighted by Gasteiger charge is 2.42. The van der Waals surface area contributed by atoms with E-state index in [4.69, 9.17) is 21.5 Å². The highest BCUT2D eigenvalue weighted by Crippen LogP contribution is 2.53. The van der Waals surface area contributed by atoms with Crippen LogP contribution in [0.2, 0.25) is 5.02 Å². The van der Waals surface area contributed by atoms with Gasteiger partial charge in [0.15, 0.2) is 11.5 Å². The summed E-state index contributed by atoms with van der Waals surface area (Å²) >= 11 is 7.52. The first-order valence-corrected chi connectivity index (χ1v) is 11.5. The van der Waals surface area contributed by atoms with Crippen LogP contribution in [0.4, 0.5) is 13.2 Å². The largest absolute Gasteiger partial charge is 0.542 e. The number of carboxylic acid groups (broad SMARTS) is 1. The van der Waals surface area contributed by atoms with Crippen LogP contribution in [-0.2, 0) is 11.8 Å². The molecule has 0 unspecified atom stereocenters. The van der Waals surface area contributed by atoms with E-state index in [0.717, 1.165) is 27.7 Å². The Morgan fingerprint density at radius 1 is 1.22 bits per heavy atom. The van der Waals surface area contributed by atoms with Crippen molar-refractivity contribution >= 4 is 29.3 Å². The molecule has 0 aliphatic heterocycles. The van der Waals surface area contributed by atoms with Gasteiger partial charge >= 0.3 is 11.9 Å². The Morgan fingerprint density at radius 2 is 1.92 bits per heavy atom. The number of aromatic amines is 2. The zero-order valence-corrected chi connectivity index (χ0v) is 19.9. The van der Waals surface area contributed by atoms with E-state index in [-0.39, 0.29) is 5.92 Å². The number of nitrogens with one attached hydrogen (secondary N) is 2. The van der Waals surface area contributed by atoms with Crippen molar-refractivity contribution in [1.29, 1.82) is 0 Å². The van der Waals surface area contributed by atoms with E-state index >= 15 is 0 Å². The normalized spacial score (nSPS) is 16.8. The minimum absolute atomic E-state index is 0.220. The third-order valence-corrected chi connectivity index (χ3v) is 6.66. The molecule has 3 heterocycles.